The van der Waals surface area contributed by atoms with Crippen molar-refractivity contribution in [2.75, 3.05) is 27.2 Å². The van der Waals surface area contributed by atoms with Crippen LogP contribution in [0.25, 0.3) is 0 Å². The topological polar surface area (TPSA) is 157 Å². The molecule has 2 unspecified atom stereocenters. The first-order chi connectivity index (χ1) is 28.8. The highest BCUT2D eigenvalue weighted by molar-refractivity contribution is 6.31. The third kappa shape index (κ3) is 8.07. The van der Waals surface area contributed by atoms with Crippen molar-refractivity contribution in [2.45, 2.75) is 129 Å². The molecular formula is C47H58ClN7O6. The number of ether oxygens (including phenoxy) is 2. The van der Waals surface area contributed by atoms with Gasteiger partial charge in [-0.25, -0.2) is 4.98 Å². The van der Waals surface area contributed by atoms with E-state index in [9.17, 15) is 24.4 Å². The number of nitrogens with zero attached hydrogens (tertiary/aromatic N) is 5. The summed E-state index contributed by atoms with van der Waals surface area (Å²) in [5.74, 6) is 6.36. The highest BCUT2D eigenvalue weighted by atomic mass is 35.5. The lowest BCUT2D eigenvalue weighted by molar-refractivity contribution is -0.199. The molecule has 0 spiro atoms. The standard InChI is InChI=1S/C47H58ClN7O6/c1-27(40(57)51-37-16-17-39(56)52-41(37)58)47(7,28(2)60-9)54-20-18-32(19-21-54)53(8)33-22-29(23-33)10-12-31-13-15-35-38(50-31)26-55(42(35)59)43-45(3,4)44(46(43,5)6)61-34-14-11-30(25-49)36(48)24-34/h11,13-15,24,28-29,32-33,37,43-44H,1,16-23,26H2,2-9H3,(H,51,57)(H,52,56,58)/t28?,29?,33?,37?,43?,44?,47-/m1/s1. The minimum Gasteiger partial charge on any atom is -0.489 e. The van der Waals surface area contributed by atoms with E-state index in [1.807, 2.05) is 30.9 Å². The van der Waals surface area contributed by atoms with Gasteiger partial charge in [-0.05, 0) is 83.2 Å². The van der Waals surface area contributed by atoms with Crippen molar-refractivity contribution in [3.8, 4) is 23.7 Å². The maximum absolute atomic E-state index is 13.8. The normalized spacial score (nSPS) is 27.3. The van der Waals surface area contributed by atoms with Gasteiger partial charge in [0.2, 0.25) is 17.7 Å². The third-order valence-electron chi connectivity index (χ3n) is 14.5. The van der Waals surface area contributed by atoms with E-state index in [1.54, 1.807) is 25.3 Å². The number of rotatable bonds is 11. The summed E-state index contributed by atoms with van der Waals surface area (Å²) in [7, 11) is 3.83. The molecule has 13 nitrogen and oxygen atoms in total. The summed E-state index contributed by atoms with van der Waals surface area (Å²) in [6.45, 7) is 18.5. The zero-order valence-electron chi connectivity index (χ0n) is 36.6. The van der Waals surface area contributed by atoms with E-state index in [0.29, 0.717) is 51.8 Å². The van der Waals surface area contributed by atoms with Crippen LogP contribution in [0.2, 0.25) is 5.02 Å². The van der Waals surface area contributed by atoms with Gasteiger partial charge in [0.05, 0.1) is 40.0 Å². The van der Waals surface area contributed by atoms with Gasteiger partial charge in [0.1, 0.15) is 29.7 Å². The minimum atomic E-state index is -0.802. The van der Waals surface area contributed by atoms with Crippen LogP contribution in [0.4, 0.5) is 0 Å². The molecule has 324 valence electrons. The average Bonchev–Trinajstić information content (AvgIpc) is 3.52. The monoisotopic (exact) mass is 851 g/mol. The number of carbonyl (C=O) groups is 4. The molecule has 7 rings (SSSR count). The van der Waals surface area contributed by atoms with E-state index in [0.717, 1.165) is 44.5 Å². The van der Waals surface area contributed by atoms with Gasteiger partial charge >= 0.3 is 0 Å². The molecule has 0 bridgehead atoms. The zero-order valence-corrected chi connectivity index (χ0v) is 37.3. The lowest BCUT2D eigenvalue weighted by atomic mass is 9.49. The van der Waals surface area contributed by atoms with E-state index in [2.05, 4.69) is 79.7 Å². The molecule has 0 radical (unpaired) electrons. The smallest absolute Gasteiger partial charge is 0.256 e. The second-order valence-corrected chi connectivity index (χ2v) is 19.3. The zero-order chi connectivity index (χ0) is 44.2. The first-order valence-electron chi connectivity index (χ1n) is 21.3. The molecule has 4 heterocycles. The Kier molecular flexibility index (Phi) is 12.2. The van der Waals surface area contributed by atoms with Crippen LogP contribution in [-0.4, -0.2) is 112 Å². The van der Waals surface area contributed by atoms with Gasteiger partial charge in [0.15, 0.2) is 0 Å². The van der Waals surface area contributed by atoms with Crippen LogP contribution < -0.4 is 15.4 Å². The van der Waals surface area contributed by atoms with Gasteiger partial charge in [-0.1, -0.05) is 51.8 Å². The Balaban J connectivity index is 0.912. The maximum atomic E-state index is 13.8. The summed E-state index contributed by atoms with van der Waals surface area (Å²) in [6, 6.07) is 10.8. The molecule has 1 aromatic carbocycles. The molecule has 2 saturated heterocycles. The molecule has 2 saturated carbocycles. The molecule has 5 aliphatic rings. The number of hydrogen-bond acceptors (Lipinski definition) is 10. The number of nitriles is 1. The predicted octanol–water partition coefficient (Wildman–Crippen LogP) is 5.24. The highest BCUT2D eigenvalue weighted by Crippen LogP contribution is 2.59. The molecule has 2 aliphatic carbocycles. The summed E-state index contributed by atoms with van der Waals surface area (Å²) in [5.41, 5.74) is 1.23. The van der Waals surface area contributed by atoms with Gasteiger partial charge in [0.25, 0.3) is 5.91 Å². The lowest BCUT2D eigenvalue weighted by Gasteiger charge is -2.65. The summed E-state index contributed by atoms with van der Waals surface area (Å²) < 4.78 is 12.3. The van der Waals surface area contributed by atoms with Gasteiger partial charge in [0, 0.05) is 73.1 Å². The lowest BCUT2D eigenvalue weighted by Crippen LogP contribution is -2.74. The number of fused-ring (bicyclic) bond motifs is 1. The number of hydrogen-bond donors (Lipinski definition) is 2. The Morgan fingerprint density at radius 1 is 1.10 bits per heavy atom. The number of nitrogens with one attached hydrogen (secondary N) is 2. The number of aromatic nitrogens is 1. The first-order valence-corrected chi connectivity index (χ1v) is 21.7. The number of halogens is 1. The summed E-state index contributed by atoms with van der Waals surface area (Å²) >= 11 is 6.29. The van der Waals surface area contributed by atoms with Crippen LogP contribution in [0.15, 0.2) is 42.5 Å². The minimum absolute atomic E-state index is 0.0261. The number of likely N-dealkylation sites (tertiary alicyclic amines) is 1. The van der Waals surface area contributed by atoms with E-state index < -0.39 is 23.4 Å². The van der Waals surface area contributed by atoms with Gasteiger partial charge in [-0.15, -0.1) is 0 Å². The van der Waals surface area contributed by atoms with Crippen LogP contribution in [0.3, 0.4) is 0 Å². The van der Waals surface area contributed by atoms with E-state index in [1.165, 1.54) is 0 Å². The summed E-state index contributed by atoms with van der Waals surface area (Å²) in [4.78, 5) is 62.8. The Morgan fingerprint density at radius 3 is 2.41 bits per heavy atom. The number of benzene rings is 1. The summed E-state index contributed by atoms with van der Waals surface area (Å²) in [6.07, 6.45) is 3.68. The Bertz CT molecular complexity index is 2210. The first kappa shape index (κ1) is 44.3. The predicted molar refractivity (Wildman–Crippen MR) is 230 cm³/mol. The Morgan fingerprint density at radius 2 is 1.79 bits per heavy atom. The Hall–Kier alpha value is -4.79. The van der Waals surface area contributed by atoms with Crippen LogP contribution in [0.5, 0.6) is 5.75 Å². The molecular weight excluding hydrogens is 794 g/mol. The second kappa shape index (κ2) is 16.8. The van der Waals surface area contributed by atoms with E-state index in [-0.39, 0.29) is 59.7 Å². The molecule has 4 fully saturated rings. The van der Waals surface area contributed by atoms with Crippen LogP contribution >= 0.6 is 11.6 Å². The van der Waals surface area contributed by atoms with Crippen molar-refractivity contribution in [3.05, 3.63) is 70.0 Å². The van der Waals surface area contributed by atoms with Crippen molar-refractivity contribution in [1.29, 1.82) is 5.26 Å². The average molecular weight is 852 g/mol. The molecule has 4 amide bonds. The van der Waals surface area contributed by atoms with Crippen molar-refractivity contribution >= 4 is 35.2 Å². The fraction of sp³-hybridized carbons (Fsp3) is 0.574. The number of pyridine rings is 1. The fourth-order valence-electron chi connectivity index (χ4n) is 11.0. The highest BCUT2D eigenvalue weighted by Gasteiger charge is 2.67. The Labute approximate surface area is 364 Å². The van der Waals surface area contributed by atoms with Crippen molar-refractivity contribution in [2.24, 2.45) is 16.7 Å². The van der Waals surface area contributed by atoms with E-state index in [4.69, 9.17) is 26.1 Å². The van der Waals surface area contributed by atoms with Crippen LogP contribution in [-0.2, 0) is 25.7 Å². The molecule has 1 aromatic heterocycles. The van der Waals surface area contributed by atoms with Gasteiger partial charge in [-0.2, -0.15) is 5.26 Å². The largest absolute Gasteiger partial charge is 0.489 e. The van der Waals surface area contributed by atoms with Crippen molar-refractivity contribution in [1.82, 2.24) is 30.3 Å². The molecule has 2 aromatic rings. The second-order valence-electron chi connectivity index (χ2n) is 18.9. The number of imide groups is 1. The molecule has 3 atom stereocenters. The molecule has 14 heteroatoms. The van der Waals surface area contributed by atoms with Crippen LogP contribution in [0, 0.1) is 39.9 Å². The number of carbonyl (C=O) groups excluding carboxylic acids is 4. The molecule has 61 heavy (non-hydrogen) atoms. The molecule has 2 N–H and O–H groups in total. The van der Waals surface area contributed by atoms with Gasteiger partial charge < -0.3 is 24.6 Å². The van der Waals surface area contributed by atoms with Crippen LogP contribution in [0.1, 0.15) is 107 Å². The van der Waals surface area contributed by atoms with E-state index >= 15 is 0 Å². The third-order valence-corrected chi connectivity index (χ3v) is 14.9. The number of piperidine rings is 2. The quantitative estimate of drug-likeness (QED) is 0.174. The fourth-order valence-corrected chi connectivity index (χ4v) is 11.2. The van der Waals surface area contributed by atoms with Crippen molar-refractivity contribution in [3.63, 3.8) is 0 Å². The number of methoxy groups -OCH3 is 1. The molecule has 3 aliphatic heterocycles. The maximum Gasteiger partial charge on any atom is 0.256 e. The SMILES string of the molecule is C=C(C(=O)NC1CCC(=O)NC1=O)[C@](C)(C(C)OC)N1CCC(N(C)C2CC(C#Cc3ccc4c(n3)CN(C3C(C)(C)C(Oc5ccc(C#N)c(Cl)c5)C3(C)C)C4=O)C2)CC1. The van der Waals surface area contributed by atoms with Crippen molar-refractivity contribution < 1.29 is 28.7 Å². The number of amides is 4. The summed E-state index contributed by atoms with van der Waals surface area (Å²) in [5, 5.41) is 14.7. The van der Waals surface area contributed by atoms with Gasteiger partial charge in [-0.3, -0.25) is 29.4 Å².